The van der Waals surface area contributed by atoms with Crippen LogP contribution in [0.3, 0.4) is 0 Å². The highest BCUT2D eigenvalue weighted by Crippen LogP contribution is 2.34. The molecule has 3 aromatic rings. The van der Waals surface area contributed by atoms with E-state index in [0.29, 0.717) is 16.1 Å². The molecule has 0 atom stereocenters. The number of sulfone groups is 1. The second-order valence-electron chi connectivity index (χ2n) is 5.80. The van der Waals surface area contributed by atoms with E-state index in [0.717, 1.165) is 22.9 Å². The lowest BCUT2D eigenvalue weighted by Crippen LogP contribution is -2.01. The van der Waals surface area contributed by atoms with E-state index in [2.05, 4.69) is 4.98 Å². The zero-order chi connectivity index (χ0) is 18.2. The maximum absolute atomic E-state index is 14.3. The number of benzene rings is 2. The van der Waals surface area contributed by atoms with Crippen LogP contribution in [0.2, 0.25) is 5.02 Å². The summed E-state index contributed by atoms with van der Waals surface area (Å²) in [5.74, 6) is -0.781. The van der Waals surface area contributed by atoms with Crippen molar-refractivity contribution in [1.82, 2.24) is 4.98 Å². The first-order valence-electron chi connectivity index (χ1n) is 7.48. The van der Waals surface area contributed by atoms with Gasteiger partial charge in [-0.05, 0) is 53.4 Å². The molecule has 0 N–H and O–H groups in total. The van der Waals surface area contributed by atoms with Crippen LogP contribution in [0.5, 0.6) is 0 Å². The number of rotatable bonds is 3. The van der Waals surface area contributed by atoms with Gasteiger partial charge in [0.2, 0.25) is 0 Å². The molecule has 3 nitrogen and oxygen atoms in total. The fraction of sp³-hybridized carbons (Fsp3) is 0.105. The van der Waals surface area contributed by atoms with Gasteiger partial charge < -0.3 is 0 Å². The van der Waals surface area contributed by atoms with Crippen LogP contribution in [-0.4, -0.2) is 19.7 Å². The van der Waals surface area contributed by atoms with Gasteiger partial charge in [-0.3, -0.25) is 4.98 Å². The molecule has 0 radical (unpaired) electrons. The van der Waals surface area contributed by atoms with Crippen LogP contribution in [0.15, 0.2) is 59.8 Å². The number of hydrogen-bond acceptors (Lipinski definition) is 3. The van der Waals surface area contributed by atoms with E-state index in [1.165, 1.54) is 12.1 Å². The summed E-state index contributed by atoms with van der Waals surface area (Å²) in [6.07, 6.45) is 4.25. The molecule has 128 valence electrons. The monoisotopic (exact) mass is 375 g/mol. The smallest absolute Gasteiger partial charge is 0.178 e. The Morgan fingerprint density at radius 3 is 2.32 bits per heavy atom. The van der Waals surface area contributed by atoms with Crippen molar-refractivity contribution >= 4 is 21.4 Å². The Bertz CT molecular complexity index is 1060. The minimum Gasteiger partial charge on any atom is -0.264 e. The maximum atomic E-state index is 14.3. The SMILES string of the molecule is Cc1ccc(-c2ccncc2-c2ccc(S(C)(=O)=O)c(F)c2)cc1Cl. The molecule has 0 fully saturated rings. The van der Waals surface area contributed by atoms with Crippen molar-refractivity contribution in [3.8, 4) is 22.3 Å². The molecule has 1 aromatic heterocycles. The van der Waals surface area contributed by atoms with Gasteiger partial charge in [-0.2, -0.15) is 0 Å². The molecular formula is C19H15ClFNO2S. The molecule has 0 aliphatic heterocycles. The normalized spacial score (nSPS) is 11.5. The van der Waals surface area contributed by atoms with Crippen LogP contribution in [0, 0.1) is 12.7 Å². The minimum atomic E-state index is -3.61. The molecule has 0 saturated carbocycles. The average Bonchev–Trinajstić information content (AvgIpc) is 2.56. The lowest BCUT2D eigenvalue weighted by Gasteiger charge is -2.11. The van der Waals surface area contributed by atoms with Crippen LogP contribution in [-0.2, 0) is 9.84 Å². The van der Waals surface area contributed by atoms with Gasteiger partial charge in [0.05, 0.1) is 0 Å². The number of aromatic nitrogens is 1. The molecule has 0 saturated heterocycles. The third-order valence-electron chi connectivity index (χ3n) is 3.95. The van der Waals surface area contributed by atoms with E-state index in [4.69, 9.17) is 11.6 Å². The third-order valence-corrected chi connectivity index (χ3v) is 5.48. The third kappa shape index (κ3) is 3.57. The maximum Gasteiger partial charge on any atom is 0.178 e. The van der Waals surface area contributed by atoms with Crippen LogP contribution in [0.25, 0.3) is 22.3 Å². The summed E-state index contributed by atoms with van der Waals surface area (Å²) in [6, 6.07) is 11.6. The average molecular weight is 376 g/mol. The summed E-state index contributed by atoms with van der Waals surface area (Å²) in [4.78, 5) is 3.79. The van der Waals surface area contributed by atoms with Crippen molar-refractivity contribution in [2.24, 2.45) is 0 Å². The minimum absolute atomic E-state index is 0.319. The second-order valence-corrected chi connectivity index (χ2v) is 8.19. The van der Waals surface area contributed by atoms with E-state index in [-0.39, 0.29) is 4.90 Å². The van der Waals surface area contributed by atoms with Crippen molar-refractivity contribution in [3.05, 3.63) is 71.3 Å². The quantitative estimate of drug-likeness (QED) is 0.652. The number of pyridine rings is 1. The molecule has 0 aliphatic rings. The van der Waals surface area contributed by atoms with Crippen LogP contribution in [0.4, 0.5) is 4.39 Å². The van der Waals surface area contributed by atoms with E-state index in [9.17, 15) is 12.8 Å². The Balaban J connectivity index is 2.16. The topological polar surface area (TPSA) is 47.0 Å². The standard InChI is InChI=1S/C19H15ClFNO2S/c1-12-3-4-13(9-17(12)20)15-7-8-22-11-16(15)14-5-6-19(18(21)10-14)25(2,23)24/h3-11H,1-2H3. The largest absolute Gasteiger partial charge is 0.264 e. The molecule has 0 amide bonds. The Morgan fingerprint density at radius 1 is 1.00 bits per heavy atom. The molecule has 0 aliphatic carbocycles. The van der Waals surface area contributed by atoms with Crippen molar-refractivity contribution in [2.45, 2.75) is 11.8 Å². The fourth-order valence-corrected chi connectivity index (χ4v) is 3.51. The number of aryl methyl sites for hydroxylation is 1. The van der Waals surface area contributed by atoms with Crippen molar-refractivity contribution in [1.29, 1.82) is 0 Å². The van der Waals surface area contributed by atoms with E-state index in [1.54, 1.807) is 18.5 Å². The first kappa shape index (κ1) is 17.6. The van der Waals surface area contributed by atoms with Gasteiger partial charge >= 0.3 is 0 Å². The highest BCUT2D eigenvalue weighted by Gasteiger charge is 2.16. The van der Waals surface area contributed by atoms with Crippen molar-refractivity contribution in [2.75, 3.05) is 6.26 Å². The van der Waals surface area contributed by atoms with Gasteiger partial charge in [-0.1, -0.05) is 29.8 Å². The summed E-state index contributed by atoms with van der Waals surface area (Å²) in [5, 5.41) is 0.638. The summed E-state index contributed by atoms with van der Waals surface area (Å²) >= 11 is 6.22. The lowest BCUT2D eigenvalue weighted by molar-refractivity contribution is 0.571. The van der Waals surface area contributed by atoms with Crippen molar-refractivity contribution < 1.29 is 12.8 Å². The van der Waals surface area contributed by atoms with Crippen LogP contribution < -0.4 is 0 Å². The number of halogens is 2. The predicted molar refractivity (Wildman–Crippen MR) is 97.9 cm³/mol. The van der Waals surface area contributed by atoms with Crippen LogP contribution >= 0.6 is 11.6 Å². The van der Waals surface area contributed by atoms with Crippen molar-refractivity contribution in [3.63, 3.8) is 0 Å². The molecule has 2 aromatic carbocycles. The Kier molecular flexibility index (Phi) is 4.62. The van der Waals surface area contributed by atoms with Gasteiger partial charge in [-0.25, -0.2) is 12.8 Å². The molecule has 6 heteroatoms. The fourth-order valence-electron chi connectivity index (χ4n) is 2.61. The first-order chi connectivity index (χ1) is 11.8. The summed E-state index contributed by atoms with van der Waals surface area (Å²) in [6.45, 7) is 1.92. The van der Waals surface area contributed by atoms with Gasteiger partial charge in [0.15, 0.2) is 9.84 Å². The second kappa shape index (κ2) is 6.58. The molecule has 0 bridgehead atoms. The molecule has 0 unspecified atom stereocenters. The first-order valence-corrected chi connectivity index (χ1v) is 9.75. The van der Waals surface area contributed by atoms with Gasteiger partial charge in [0, 0.05) is 29.2 Å². The predicted octanol–water partition coefficient (Wildman–Crippen LogP) is 4.92. The Hall–Kier alpha value is -2.24. The summed E-state index contributed by atoms with van der Waals surface area (Å²) < 4.78 is 37.4. The van der Waals surface area contributed by atoms with Gasteiger partial charge in [-0.15, -0.1) is 0 Å². The summed E-state index contributed by atoms with van der Waals surface area (Å²) in [5.41, 5.74) is 3.92. The molecule has 0 spiro atoms. The Labute approximate surface area is 151 Å². The molecule has 3 rings (SSSR count). The number of hydrogen-bond donors (Lipinski definition) is 0. The van der Waals surface area contributed by atoms with Gasteiger partial charge in [0.1, 0.15) is 10.7 Å². The highest BCUT2D eigenvalue weighted by atomic mass is 35.5. The van der Waals surface area contributed by atoms with Crippen LogP contribution in [0.1, 0.15) is 5.56 Å². The molecule has 25 heavy (non-hydrogen) atoms. The zero-order valence-corrected chi connectivity index (χ0v) is 15.2. The number of nitrogens with zero attached hydrogens (tertiary/aromatic N) is 1. The Morgan fingerprint density at radius 2 is 1.68 bits per heavy atom. The highest BCUT2D eigenvalue weighted by molar-refractivity contribution is 7.90. The zero-order valence-electron chi connectivity index (χ0n) is 13.6. The molecule has 1 heterocycles. The summed E-state index contributed by atoms with van der Waals surface area (Å²) in [7, 11) is -3.61. The van der Waals surface area contributed by atoms with Gasteiger partial charge in [0.25, 0.3) is 0 Å². The van der Waals surface area contributed by atoms with E-state index >= 15 is 0 Å². The lowest BCUT2D eigenvalue weighted by atomic mass is 9.96. The van der Waals surface area contributed by atoms with E-state index < -0.39 is 15.7 Å². The molecular weight excluding hydrogens is 361 g/mol. The van der Waals surface area contributed by atoms with E-state index in [1.807, 2.05) is 31.2 Å².